The molecule has 2 N–H and O–H groups in total. The third kappa shape index (κ3) is 5.85. The number of amides is 1. The highest BCUT2D eigenvalue weighted by Crippen LogP contribution is 2.35. The molecule has 0 aliphatic heterocycles. The van der Waals surface area contributed by atoms with Crippen molar-refractivity contribution in [1.29, 1.82) is 0 Å². The molecule has 0 saturated carbocycles. The van der Waals surface area contributed by atoms with Crippen molar-refractivity contribution < 1.29 is 22.7 Å². The molecule has 0 bridgehead atoms. The van der Waals surface area contributed by atoms with Gasteiger partial charge < -0.3 is 15.4 Å². The van der Waals surface area contributed by atoms with E-state index in [1.807, 2.05) is 38.1 Å². The van der Waals surface area contributed by atoms with Gasteiger partial charge in [0.15, 0.2) is 0 Å². The van der Waals surface area contributed by atoms with Crippen LogP contribution >= 0.6 is 0 Å². The van der Waals surface area contributed by atoms with Gasteiger partial charge in [-0.1, -0.05) is 6.07 Å². The van der Waals surface area contributed by atoms with Crippen LogP contribution in [0.3, 0.4) is 0 Å². The Hall–Kier alpha value is -4.47. The minimum absolute atomic E-state index is 0.146. The highest BCUT2D eigenvalue weighted by atomic mass is 19.4. The Morgan fingerprint density at radius 1 is 0.946 bits per heavy atom. The van der Waals surface area contributed by atoms with Crippen molar-refractivity contribution in [2.45, 2.75) is 20.0 Å². The summed E-state index contributed by atoms with van der Waals surface area (Å²) in [6.45, 7) is 4.23. The average Bonchev–Trinajstić information content (AvgIpc) is 2.90. The summed E-state index contributed by atoms with van der Waals surface area (Å²) in [6, 6.07) is 12.9. The Morgan fingerprint density at radius 2 is 1.73 bits per heavy atom. The number of hydrogen-bond donors (Lipinski definition) is 2. The summed E-state index contributed by atoms with van der Waals surface area (Å²) in [4.78, 5) is 24.8. The van der Waals surface area contributed by atoms with Crippen molar-refractivity contribution >= 4 is 17.4 Å². The largest absolute Gasteiger partial charge is 0.478 e. The summed E-state index contributed by atoms with van der Waals surface area (Å²) >= 11 is 0. The van der Waals surface area contributed by atoms with Gasteiger partial charge in [0.2, 0.25) is 5.88 Å². The molecule has 0 radical (unpaired) electrons. The van der Waals surface area contributed by atoms with Gasteiger partial charge in [-0.25, -0.2) is 9.97 Å². The van der Waals surface area contributed by atoms with E-state index < -0.39 is 17.8 Å². The average molecular weight is 508 g/mol. The van der Waals surface area contributed by atoms with Gasteiger partial charge in [0.05, 0.1) is 6.61 Å². The summed E-state index contributed by atoms with van der Waals surface area (Å²) in [5, 5.41) is 5.69. The van der Waals surface area contributed by atoms with E-state index >= 15 is 0 Å². The normalized spacial score (nSPS) is 11.2. The zero-order valence-corrected chi connectivity index (χ0v) is 20.3. The van der Waals surface area contributed by atoms with Crippen LogP contribution in [-0.4, -0.2) is 34.5 Å². The molecule has 0 fully saturated rings. The maximum absolute atomic E-state index is 13.0. The van der Waals surface area contributed by atoms with E-state index in [4.69, 9.17) is 4.74 Å². The Bertz CT molecular complexity index is 1440. The predicted molar refractivity (Wildman–Crippen MR) is 136 cm³/mol. The number of carbonyl (C=O) groups is 1. The zero-order valence-electron chi connectivity index (χ0n) is 20.3. The van der Waals surface area contributed by atoms with Crippen LogP contribution in [0.2, 0.25) is 0 Å². The van der Waals surface area contributed by atoms with Crippen LogP contribution in [0, 0.1) is 6.92 Å². The Kier molecular flexibility index (Phi) is 7.37. The maximum Gasteiger partial charge on any atom is 0.433 e. The summed E-state index contributed by atoms with van der Waals surface area (Å²) in [5.41, 5.74) is 3.27. The quantitative estimate of drug-likeness (QED) is 0.309. The first-order valence-electron chi connectivity index (χ1n) is 11.4. The Balaban J connectivity index is 1.69. The number of pyridine rings is 3. The molecule has 0 saturated heterocycles. The number of aromatic nitrogens is 3. The summed E-state index contributed by atoms with van der Waals surface area (Å²) < 4.78 is 44.8. The number of alkyl halides is 3. The molecule has 7 nitrogen and oxygen atoms in total. The lowest BCUT2D eigenvalue weighted by molar-refractivity contribution is -0.141. The zero-order chi connectivity index (χ0) is 26.6. The predicted octanol–water partition coefficient (Wildman–Crippen LogP) is 6.23. The van der Waals surface area contributed by atoms with Gasteiger partial charge in [-0.05, 0) is 73.0 Å². The van der Waals surface area contributed by atoms with Crippen molar-refractivity contribution in [3.8, 4) is 28.1 Å². The fourth-order valence-corrected chi connectivity index (χ4v) is 3.73. The van der Waals surface area contributed by atoms with E-state index in [-0.39, 0.29) is 5.56 Å². The smallest absolute Gasteiger partial charge is 0.433 e. The van der Waals surface area contributed by atoms with E-state index in [0.717, 1.165) is 40.1 Å². The fourth-order valence-electron chi connectivity index (χ4n) is 3.73. The van der Waals surface area contributed by atoms with Gasteiger partial charge in [-0.2, -0.15) is 13.2 Å². The van der Waals surface area contributed by atoms with Crippen molar-refractivity contribution in [3.05, 3.63) is 83.9 Å². The van der Waals surface area contributed by atoms with Crippen LogP contribution < -0.4 is 15.4 Å². The first kappa shape index (κ1) is 25.6. The second kappa shape index (κ2) is 10.7. The molecular weight excluding hydrogens is 483 g/mol. The SMILES string of the molecule is CCOc1ncc(-c2cc(NC(=O)c3ccnc(C(F)(F)F)c3)ccc2C)cc1-c1ccnc(NC)c1. The molecule has 4 aromatic rings. The number of rotatable bonds is 7. The Labute approximate surface area is 211 Å². The lowest BCUT2D eigenvalue weighted by atomic mass is 9.98. The van der Waals surface area contributed by atoms with Gasteiger partial charge in [0, 0.05) is 48.0 Å². The van der Waals surface area contributed by atoms with Gasteiger partial charge in [-0.15, -0.1) is 0 Å². The number of nitrogens with zero attached hydrogens (tertiary/aromatic N) is 3. The first-order valence-corrected chi connectivity index (χ1v) is 11.4. The molecule has 37 heavy (non-hydrogen) atoms. The molecule has 190 valence electrons. The Morgan fingerprint density at radius 3 is 2.46 bits per heavy atom. The molecular formula is C27H24F3N5O2. The number of hydrogen-bond acceptors (Lipinski definition) is 6. The lowest BCUT2D eigenvalue weighted by Crippen LogP contribution is -2.15. The van der Waals surface area contributed by atoms with Crippen molar-refractivity contribution in [2.24, 2.45) is 0 Å². The van der Waals surface area contributed by atoms with Crippen LogP contribution in [-0.2, 0) is 6.18 Å². The number of nitrogens with one attached hydrogen (secondary N) is 2. The molecule has 1 aromatic carbocycles. The minimum atomic E-state index is -4.64. The summed E-state index contributed by atoms with van der Waals surface area (Å²) in [6.07, 6.45) is -0.312. The van der Waals surface area contributed by atoms with Gasteiger partial charge in [-0.3, -0.25) is 9.78 Å². The van der Waals surface area contributed by atoms with Crippen LogP contribution in [0.25, 0.3) is 22.3 Å². The van der Waals surface area contributed by atoms with Crippen molar-refractivity contribution in [3.63, 3.8) is 0 Å². The topological polar surface area (TPSA) is 89.0 Å². The number of carbonyl (C=O) groups excluding carboxylic acids is 1. The molecule has 0 unspecified atom stereocenters. The third-order valence-electron chi connectivity index (χ3n) is 5.58. The van der Waals surface area contributed by atoms with Crippen molar-refractivity contribution in [1.82, 2.24) is 15.0 Å². The molecule has 0 aliphatic rings. The summed E-state index contributed by atoms with van der Waals surface area (Å²) in [5.74, 6) is 0.486. The number of halogens is 3. The van der Waals surface area contributed by atoms with E-state index in [0.29, 0.717) is 24.0 Å². The number of anilines is 2. The van der Waals surface area contributed by atoms with Crippen molar-refractivity contribution in [2.75, 3.05) is 24.3 Å². The molecule has 0 aliphatic carbocycles. The number of benzene rings is 1. The first-order chi connectivity index (χ1) is 17.7. The van der Waals surface area contributed by atoms with E-state index in [9.17, 15) is 18.0 Å². The molecule has 0 atom stereocenters. The van der Waals surface area contributed by atoms with Crippen LogP contribution in [0.4, 0.5) is 24.7 Å². The van der Waals surface area contributed by atoms with Crippen LogP contribution in [0.1, 0.15) is 28.5 Å². The van der Waals surface area contributed by atoms with Crippen LogP contribution in [0.15, 0.2) is 67.1 Å². The van der Waals surface area contributed by atoms with E-state index in [1.165, 1.54) is 6.07 Å². The van der Waals surface area contributed by atoms with Gasteiger partial charge >= 0.3 is 6.18 Å². The highest BCUT2D eigenvalue weighted by molar-refractivity contribution is 6.04. The molecule has 1 amide bonds. The standard InChI is InChI=1S/C27H24F3N5O2/c1-4-37-26-22(17-7-10-33-24(13-17)31-3)11-19(15-34-26)21-14-20(6-5-16(21)2)35-25(36)18-8-9-32-23(12-18)27(28,29)30/h5-15H,4H2,1-3H3,(H,31,33)(H,35,36). The molecule has 3 heterocycles. The fraction of sp³-hybridized carbons (Fsp3) is 0.185. The minimum Gasteiger partial charge on any atom is -0.478 e. The third-order valence-corrected chi connectivity index (χ3v) is 5.58. The van der Waals surface area contributed by atoms with Gasteiger partial charge in [0.1, 0.15) is 11.5 Å². The van der Waals surface area contributed by atoms with Crippen LogP contribution in [0.5, 0.6) is 5.88 Å². The highest BCUT2D eigenvalue weighted by Gasteiger charge is 2.33. The van der Waals surface area contributed by atoms with Gasteiger partial charge in [0.25, 0.3) is 5.91 Å². The number of ether oxygens (including phenoxy) is 1. The lowest BCUT2D eigenvalue weighted by Gasteiger charge is -2.15. The molecule has 4 rings (SSSR count). The maximum atomic E-state index is 13.0. The molecule has 0 spiro atoms. The van der Waals surface area contributed by atoms with E-state index in [2.05, 4.69) is 25.6 Å². The summed E-state index contributed by atoms with van der Waals surface area (Å²) in [7, 11) is 1.78. The number of aryl methyl sites for hydroxylation is 1. The molecule has 10 heteroatoms. The second-order valence-electron chi connectivity index (χ2n) is 8.10. The molecule has 3 aromatic heterocycles. The monoisotopic (exact) mass is 507 g/mol. The van der Waals surface area contributed by atoms with E-state index in [1.54, 1.807) is 31.6 Å². The second-order valence-corrected chi connectivity index (χ2v) is 8.10.